The summed E-state index contributed by atoms with van der Waals surface area (Å²) in [5, 5.41) is 13.0. The third-order valence-electron chi connectivity index (χ3n) is 5.54. The van der Waals surface area contributed by atoms with Crippen LogP contribution in [0, 0.1) is 12.7 Å². The van der Waals surface area contributed by atoms with Crippen LogP contribution in [-0.4, -0.2) is 27.8 Å². The number of hydrogen-bond donors (Lipinski definition) is 2. The summed E-state index contributed by atoms with van der Waals surface area (Å²) in [5.41, 5.74) is 4.15. The first-order valence-corrected chi connectivity index (χ1v) is 9.91. The molecular formula is C23H23FN2O4. The highest BCUT2D eigenvalue weighted by Gasteiger charge is 2.28. The third kappa shape index (κ3) is 4.01. The Kier molecular flexibility index (Phi) is 5.44. The molecule has 0 bridgehead atoms. The van der Waals surface area contributed by atoms with E-state index in [0.717, 1.165) is 22.3 Å². The minimum absolute atomic E-state index is 0.159. The summed E-state index contributed by atoms with van der Waals surface area (Å²) >= 11 is 0. The molecular weight excluding hydrogens is 387 g/mol. The highest BCUT2D eigenvalue weighted by Crippen LogP contribution is 2.34. The second kappa shape index (κ2) is 8.18. The molecule has 0 spiro atoms. The molecule has 0 radical (unpaired) electrons. The summed E-state index contributed by atoms with van der Waals surface area (Å²) in [4.78, 5) is 23.6. The molecule has 1 aliphatic carbocycles. The average Bonchev–Trinajstić information content (AvgIpc) is 3.00. The summed E-state index contributed by atoms with van der Waals surface area (Å²) in [6, 6.07) is 12.1. The van der Waals surface area contributed by atoms with Gasteiger partial charge in [-0.25, -0.2) is 9.18 Å². The lowest BCUT2D eigenvalue weighted by atomic mass is 9.91. The van der Waals surface area contributed by atoms with Crippen molar-refractivity contribution in [1.29, 1.82) is 0 Å². The van der Waals surface area contributed by atoms with Gasteiger partial charge in [0.2, 0.25) is 0 Å². The van der Waals surface area contributed by atoms with E-state index in [1.54, 1.807) is 11.5 Å². The standard InChI is InChI=1S/C23H23FN2O4/c1-14-9-16(24)10-19-18-11-17(7-8-20(18)26(22(14)19)12-21(27)28)25-23(29)30-13-15-5-3-2-4-6-15/h2-6,9-10,17H,7-8,11-13H2,1H3,(H,25,29)(H,27,28). The Bertz CT molecular complexity index is 1110. The van der Waals surface area contributed by atoms with Gasteiger partial charge in [-0.2, -0.15) is 0 Å². The van der Waals surface area contributed by atoms with Gasteiger partial charge in [0.25, 0.3) is 0 Å². The minimum Gasteiger partial charge on any atom is -0.480 e. The first kappa shape index (κ1) is 19.9. The fourth-order valence-corrected chi connectivity index (χ4v) is 4.31. The molecule has 0 fully saturated rings. The number of fused-ring (bicyclic) bond motifs is 3. The summed E-state index contributed by atoms with van der Waals surface area (Å²) in [5.74, 6) is -1.30. The van der Waals surface area contributed by atoms with Crippen LogP contribution in [0.4, 0.5) is 9.18 Å². The van der Waals surface area contributed by atoms with E-state index >= 15 is 0 Å². The Hall–Kier alpha value is -3.35. The van der Waals surface area contributed by atoms with E-state index in [2.05, 4.69) is 5.32 Å². The molecule has 2 N–H and O–H groups in total. The molecule has 30 heavy (non-hydrogen) atoms. The number of aliphatic carboxylic acids is 1. The molecule has 0 aliphatic heterocycles. The Labute approximate surface area is 173 Å². The van der Waals surface area contributed by atoms with Crippen LogP contribution in [0.25, 0.3) is 10.9 Å². The number of aromatic nitrogens is 1. The van der Waals surface area contributed by atoms with Gasteiger partial charge in [-0.05, 0) is 55.0 Å². The Balaban J connectivity index is 1.54. The maximum absolute atomic E-state index is 14.1. The van der Waals surface area contributed by atoms with Crippen LogP contribution in [0.1, 0.15) is 28.8 Å². The van der Waals surface area contributed by atoms with Crippen LogP contribution in [0.2, 0.25) is 0 Å². The number of rotatable bonds is 5. The number of amides is 1. The summed E-state index contributed by atoms with van der Waals surface area (Å²) in [6.07, 6.45) is 1.26. The van der Waals surface area contributed by atoms with Gasteiger partial charge in [0.05, 0.1) is 5.52 Å². The molecule has 0 saturated heterocycles. The van der Waals surface area contributed by atoms with Gasteiger partial charge in [0, 0.05) is 17.1 Å². The van der Waals surface area contributed by atoms with Crippen molar-refractivity contribution in [3.05, 3.63) is 70.7 Å². The van der Waals surface area contributed by atoms with Gasteiger partial charge in [0.1, 0.15) is 19.0 Å². The predicted octanol–water partition coefficient (Wildman–Crippen LogP) is 3.96. The molecule has 2 aromatic carbocycles. The summed E-state index contributed by atoms with van der Waals surface area (Å²) in [7, 11) is 0. The van der Waals surface area contributed by atoms with Crippen molar-refractivity contribution in [2.45, 2.75) is 45.4 Å². The number of carbonyl (C=O) groups excluding carboxylic acids is 1. The van der Waals surface area contributed by atoms with Crippen LogP contribution in [-0.2, 0) is 35.5 Å². The highest BCUT2D eigenvalue weighted by molar-refractivity contribution is 5.90. The van der Waals surface area contributed by atoms with Crippen molar-refractivity contribution in [1.82, 2.24) is 9.88 Å². The van der Waals surface area contributed by atoms with Gasteiger partial charge in [-0.15, -0.1) is 0 Å². The van der Waals surface area contributed by atoms with Crippen molar-refractivity contribution in [2.75, 3.05) is 0 Å². The van der Waals surface area contributed by atoms with Crippen molar-refractivity contribution in [3.63, 3.8) is 0 Å². The van der Waals surface area contributed by atoms with E-state index in [9.17, 15) is 19.1 Å². The maximum Gasteiger partial charge on any atom is 0.407 e. The van der Waals surface area contributed by atoms with Gasteiger partial charge in [0.15, 0.2) is 0 Å². The molecule has 1 unspecified atom stereocenters. The Morgan fingerprint density at radius 3 is 2.77 bits per heavy atom. The zero-order chi connectivity index (χ0) is 21.3. The molecule has 1 atom stereocenters. The number of hydrogen-bond acceptors (Lipinski definition) is 3. The van der Waals surface area contributed by atoms with E-state index in [1.165, 1.54) is 12.1 Å². The number of carboxylic acids is 1. The molecule has 1 amide bonds. The third-order valence-corrected chi connectivity index (χ3v) is 5.54. The summed E-state index contributed by atoms with van der Waals surface area (Å²) < 4.78 is 21.2. The number of benzene rings is 2. The van der Waals surface area contributed by atoms with Gasteiger partial charge >= 0.3 is 12.1 Å². The molecule has 156 valence electrons. The minimum atomic E-state index is -0.942. The lowest BCUT2D eigenvalue weighted by molar-refractivity contribution is -0.137. The quantitative estimate of drug-likeness (QED) is 0.667. The van der Waals surface area contributed by atoms with E-state index in [1.807, 2.05) is 30.3 Å². The average molecular weight is 410 g/mol. The zero-order valence-corrected chi connectivity index (χ0v) is 16.7. The number of carbonyl (C=O) groups is 2. The Morgan fingerprint density at radius 1 is 1.27 bits per heavy atom. The first-order valence-electron chi connectivity index (χ1n) is 9.91. The van der Waals surface area contributed by atoms with Crippen molar-refractivity contribution in [3.8, 4) is 0 Å². The number of ether oxygens (including phenoxy) is 1. The molecule has 3 aromatic rings. The van der Waals surface area contributed by atoms with Crippen molar-refractivity contribution in [2.24, 2.45) is 0 Å². The largest absolute Gasteiger partial charge is 0.480 e. The zero-order valence-electron chi connectivity index (χ0n) is 16.7. The SMILES string of the molecule is Cc1cc(F)cc2c3c(n(CC(=O)O)c12)CCC(NC(=O)OCc1ccccc1)C3. The molecule has 1 heterocycles. The van der Waals surface area contributed by atoms with E-state index in [4.69, 9.17) is 4.74 Å². The fourth-order valence-electron chi connectivity index (χ4n) is 4.31. The number of aryl methyl sites for hydroxylation is 1. The van der Waals surface area contributed by atoms with Gasteiger partial charge in [-0.3, -0.25) is 4.79 Å². The second-order valence-corrected chi connectivity index (χ2v) is 7.67. The molecule has 7 heteroatoms. The normalized spacial score (nSPS) is 15.6. The lowest BCUT2D eigenvalue weighted by Crippen LogP contribution is -2.39. The topological polar surface area (TPSA) is 80.6 Å². The number of halogens is 1. The molecule has 6 nitrogen and oxygen atoms in total. The van der Waals surface area contributed by atoms with Crippen LogP contribution in [0.15, 0.2) is 42.5 Å². The number of alkyl carbamates (subject to hydrolysis) is 1. The fraction of sp³-hybridized carbons (Fsp3) is 0.304. The van der Waals surface area contributed by atoms with Gasteiger partial charge < -0.3 is 19.7 Å². The second-order valence-electron chi connectivity index (χ2n) is 7.67. The van der Waals surface area contributed by atoms with Crippen molar-refractivity contribution < 1.29 is 23.8 Å². The van der Waals surface area contributed by atoms with Crippen molar-refractivity contribution >= 4 is 23.0 Å². The number of nitrogens with one attached hydrogen (secondary N) is 1. The predicted molar refractivity (Wildman–Crippen MR) is 110 cm³/mol. The lowest BCUT2D eigenvalue weighted by Gasteiger charge is -2.24. The van der Waals surface area contributed by atoms with Crippen LogP contribution in [0.5, 0.6) is 0 Å². The molecule has 0 saturated carbocycles. The maximum atomic E-state index is 14.1. The number of carboxylic acid groups (broad SMARTS) is 1. The van der Waals surface area contributed by atoms with E-state index in [-0.39, 0.29) is 25.0 Å². The van der Waals surface area contributed by atoms with Gasteiger partial charge in [-0.1, -0.05) is 30.3 Å². The van der Waals surface area contributed by atoms with Crippen LogP contribution in [0.3, 0.4) is 0 Å². The molecule has 4 rings (SSSR count). The smallest absolute Gasteiger partial charge is 0.407 e. The molecule has 1 aromatic heterocycles. The highest BCUT2D eigenvalue weighted by atomic mass is 19.1. The monoisotopic (exact) mass is 410 g/mol. The number of nitrogens with zero attached hydrogens (tertiary/aromatic N) is 1. The molecule has 1 aliphatic rings. The van der Waals surface area contributed by atoms with E-state index < -0.39 is 12.1 Å². The van der Waals surface area contributed by atoms with Crippen LogP contribution < -0.4 is 5.32 Å². The Morgan fingerprint density at radius 2 is 2.03 bits per heavy atom. The van der Waals surface area contributed by atoms with E-state index in [0.29, 0.717) is 30.2 Å². The van der Waals surface area contributed by atoms with Crippen LogP contribution >= 0.6 is 0 Å². The summed E-state index contributed by atoms with van der Waals surface area (Å²) in [6.45, 7) is 1.80. The first-order chi connectivity index (χ1) is 14.4.